The van der Waals surface area contributed by atoms with Crippen molar-refractivity contribution in [3.05, 3.63) is 87.9 Å². The van der Waals surface area contributed by atoms with Gasteiger partial charge in [-0.1, -0.05) is 60.1 Å². The van der Waals surface area contributed by atoms with E-state index < -0.39 is 5.91 Å². The van der Waals surface area contributed by atoms with Crippen LogP contribution in [0.3, 0.4) is 0 Å². The first-order valence-corrected chi connectivity index (χ1v) is 9.92. The number of thiophene rings is 1. The number of hydrogen-bond acceptors (Lipinski definition) is 5. The zero-order valence-corrected chi connectivity index (χ0v) is 16.7. The number of nitrogens with one attached hydrogen (secondary N) is 1. The number of benzene rings is 2. The summed E-state index contributed by atoms with van der Waals surface area (Å²) in [4.78, 5) is 30.8. The second-order valence-corrected chi connectivity index (χ2v) is 7.63. The molecule has 0 bridgehead atoms. The van der Waals surface area contributed by atoms with Crippen molar-refractivity contribution in [2.45, 2.75) is 6.54 Å². The van der Waals surface area contributed by atoms with E-state index in [-0.39, 0.29) is 12.1 Å². The van der Waals surface area contributed by atoms with Crippen LogP contribution in [-0.4, -0.2) is 21.7 Å². The van der Waals surface area contributed by atoms with Crippen LogP contribution in [0.25, 0.3) is 20.7 Å². The number of rotatable bonds is 5. The number of fused-ring (bicyclic) bond motifs is 1. The summed E-state index contributed by atoms with van der Waals surface area (Å²) in [5.74, 6) is -0.435. The van der Waals surface area contributed by atoms with Gasteiger partial charge in [-0.05, 0) is 17.7 Å². The van der Waals surface area contributed by atoms with Gasteiger partial charge in [-0.15, -0.1) is 11.3 Å². The van der Waals surface area contributed by atoms with E-state index in [1.165, 1.54) is 28.4 Å². The van der Waals surface area contributed by atoms with Crippen molar-refractivity contribution in [2.75, 3.05) is 0 Å². The Morgan fingerprint density at radius 3 is 2.72 bits per heavy atom. The van der Waals surface area contributed by atoms with Crippen LogP contribution in [0.15, 0.2) is 76.9 Å². The van der Waals surface area contributed by atoms with Gasteiger partial charge in [-0.3, -0.25) is 14.2 Å². The number of halogens is 1. The topological polar surface area (TPSA) is 76.3 Å². The van der Waals surface area contributed by atoms with Crippen LogP contribution in [0.2, 0.25) is 5.02 Å². The van der Waals surface area contributed by atoms with Crippen LogP contribution >= 0.6 is 22.9 Å². The molecule has 0 spiro atoms. The quantitative estimate of drug-likeness (QED) is 0.391. The molecule has 2 heterocycles. The van der Waals surface area contributed by atoms with Crippen molar-refractivity contribution in [3.63, 3.8) is 0 Å². The van der Waals surface area contributed by atoms with Crippen molar-refractivity contribution in [3.8, 4) is 10.4 Å². The van der Waals surface area contributed by atoms with E-state index in [2.05, 4.69) is 15.5 Å². The number of aromatic nitrogens is 2. The molecule has 0 unspecified atom stereocenters. The molecule has 0 saturated heterocycles. The Hall–Kier alpha value is -3.29. The van der Waals surface area contributed by atoms with E-state index in [9.17, 15) is 9.59 Å². The fourth-order valence-corrected chi connectivity index (χ4v) is 3.94. The molecule has 1 N–H and O–H groups in total. The third-order valence-electron chi connectivity index (χ3n) is 4.19. The highest BCUT2D eigenvalue weighted by atomic mass is 35.5. The van der Waals surface area contributed by atoms with Crippen molar-refractivity contribution in [1.29, 1.82) is 0 Å². The maximum Gasteiger partial charge on any atom is 0.262 e. The van der Waals surface area contributed by atoms with Crippen molar-refractivity contribution in [1.82, 2.24) is 15.0 Å². The minimum absolute atomic E-state index is 0.182. The van der Waals surface area contributed by atoms with E-state index >= 15 is 0 Å². The first-order valence-electron chi connectivity index (χ1n) is 8.72. The number of nitrogens with zero attached hydrogens (tertiary/aromatic N) is 3. The lowest BCUT2D eigenvalue weighted by Crippen LogP contribution is -2.29. The summed E-state index contributed by atoms with van der Waals surface area (Å²) in [5.41, 5.74) is 3.84. The molecule has 4 rings (SSSR count). The van der Waals surface area contributed by atoms with Gasteiger partial charge in [0.25, 0.3) is 11.5 Å². The van der Waals surface area contributed by atoms with Gasteiger partial charge < -0.3 is 0 Å². The van der Waals surface area contributed by atoms with Gasteiger partial charge in [0.05, 0.1) is 17.9 Å². The Bertz CT molecular complexity index is 1260. The second-order valence-electron chi connectivity index (χ2n) is 6.19. The first kappa shape index (κ1) is 19.0. The van der Waals surface area contributed by atoms with E-state index in [0.29, 0.717) is 20.8 Å². The van der Waals surface area contributed by atoms with Crippen LogP contribution in [0.4, 0.5) is 0 Å². The van der Waals surface area contributed by atoms with Gasteiger partial charge in [0, 0.05) is 15.5 Å². The predicted molar refractivity (Wildman–Crippen MR) is 117 cm³/mol. The number of carbonyl (C=O) groups is 1. The molecule has 0 radical (unpaired) electrons. The standard InChI is InChI=1S/C21H15ClN4O2S/c22-17-9-5-4-8-15(17)11-24-25-19(27)12-26-13-23-20-16(21(26)28)10-18(29-20)14-6-2-1-3-7-14/h1-11,13H,12H2,(H,25,27). The van der Waals surface area contributed by atoms with Crippen LogP contribution in [-0.2, 0) is 11.3 Å². The zero-order chi connectivity index (χ0) is 20.2. The van der Waals surface area contributed by atoms with Crippen molar-refractivity contribution >= 4 is 45.3 Å². The molecular formula is C21H15ClN4O2S. The highest BCUT2D eigenvalue weighted by Gasteiger charge is 2.12. The minimum Gasteiger partial charge on any atom is -0.289 e. The smallest absolute Gasteiger partial charge is 0.262 e. The average Bonchev–Trinajstić information content (AvgIpc) is 3.17. The van der Waals surface area contributed by atoms with Gasteiger partial charge in [0.2, 0.25) is 0 Å². The lowest BCUT2D eigenvalue weighted by molar-refractivity contribution is -0.121. The van der Waals surface area contributed by atoms with E-state index in [4.69, 9.17) is 11.6 Å². The molecular weight excluding hydrogens is 408 g/mol. The summed E-state index contributed by atoms with van der Waals surface area (Å²) in [7, 11) is 0. The van der Waals surface area contributed by atoms with Gasteiger partial charge >= 0.3 is 0 Å². The lowest BCUT2D eigenvalue weighted by Gasteiger charge is -2.03. The summed E-state index contributed by atoms with van der Waals surface area (Å²) in [5, 5.41) is 4.91. The van der Waals surface area contributed by atoms with E-state index in [1.807, 2.05) is 48.5 Å². The summed E-state index contributed by atoms with van der Waals surface area (Å²) in [6, 6.07) is 18.7. The number of hydrogen-bond donors (Lipinski definition) is 1. The molecule has 0 fully saturated rings. The summed E-state index contributed by atoms with van der Waals surface area (Å²) >= 11 is 7.48. The average molecular weight is 423 g/mol. The minimum atomic E-state index is -0.435. The maximum atomic E-state index is 12.7. The van der Waals surface area contributed by atoms with Crippen LogP contribution in [0.1, 0.15) is 5.56 Å². The highest BCUT2D eigenvalue weighted by Crippen LogP contribution is 2.30. The van der Waals surface area contributed by atoms with Crippen LogP contribution < -0.4 is 11.0 Å². The second kappa shape index (κ2) is 8.38. The van der Waals surface area contributed by atoms with Crippen molar-refractivity contribution < 1.29 is 4.79 Å². The third-order valence-corrected chi connectivity index (χ3v) is 5.62. The fourth-order valence-electron chi connectivity index (χ4n) is 2.76. The Morgan fingerprint density at radius 2 is 1.93 bits per heavy atom. The molecule has 2 aromatic carbocycles. The molecule has 8 heteroatoms. The molecule has 0 atom stereocenters. The first-order chi connectivity index (χ1) is 14.1. The summed E-state index contributed by atoms with van der Waals surface area (Å²) in [6.45, 7) is -0.182. The normalized spacial score (nSPS) is 11.2. The number of hydrazone groups is 1. The maximum absolute atomic E-state index is 12.7. The summed E-state index contributed by atoms with van der Waals surface area (Å²) in [6.07, 6.45) is 2.84. The number of carbonyl (C=O) groups excluding carboxylic acids is 1. The van der Waals surface area contributed by atoms with Gasteiger partial charge in [-0.25, -0.2) is 10.4 Å². The van der Waals surface area contributed by atoms with E-state index in [0.717, 1.165) is 10.4 Å². The monoisotopic (exact) mass is 422 g/mol. The highest BCUT2D eigenvalue weighted by molar-refractivity contribution is 7.21. The Kier molecular flexibility index (Phi) is 5.50. The molecule has 0 saturated carbocycles. The molecule has 0 aliphatic rings. The zero-order valence-electron chi connectivity index (χ0n) is 15.1. The molecule has 6 nitrogen and oxygen atoms in total. The molecule has 4 aromatic rings. The summed E-state index contributed by atoms with van der Waals surface area (Å²) < 4.78 is 1.27. The van der Waals surface area contributed by atoms with Crippen LogP contribution in [0, 0.1) is 0 Å². The Morgan fingerprint density at radius 1 is 1.17 bits per heavy atom. The van der Waals surface area contributed by atoms with E-state index in [1.54, 1.807) is 12.1 Å². The fraction of sp³-hybridized carbons (Fsp3) is 0.0476. The molecule has 1 amide bonds. The van der Waals surface area contributed by atoms with Gasteiger partial charge in [0.15, 0.2) is 0 Å². The van der Waals surface area contributed by atoms with Gasteiger partial charge in [0.1, 0.15) is 11.4 Å². The Labute approximate surface area is 175 Å². The molecule has 144 valence electrons. The SMILES string of the molecule is O=C(Cn1cnc2sc(-c3ccccc3)cc2c1=O)NN=Cc1ccccc1Cl. The van der Waals surface area contributed by atoms with Gasteiger partial charge in [-0.2, -0.15) is 5.10 Å². The number of amides is 1. The predicted octanol–water partition coefficient (Wildman–Crippen LogP) is 3.93. The largest absolute Gasteiger partial charge is 0.289 e. The van der Waals surface area contributed by atoms with Crippen molar-refractivity contribution in [2.24, 2.45) is 5.10 Å². The molecule has 2 aromatic heterocycles. The molecule has 29 heavy (non-hydrogen) atoms. The lowest BCUT2D eigenvalue weighted by atomic mass is 10.2. The molecule has 0 aliphatic carbocycles. The van der Waals surface area contributed by atoms with Crippen LogP contribution in [0.5, 0.6) is 0 Å². The Balaban J connectivity index is 1.51. The third kappa shape index (κ3) is 4.26. The molecule has 0 aliphatic heterocycles.